The molecule has 0 aromatic carbocycles. The second-order valence-corrected chi connectivity index (χ2v) is 2.24. The van der Waals surface area contributed by atoms with Crippen molar-refractivity contribution in [3.63, 3.8) is 0 Å². The van der Waals surface area contributed by atoms with E-state index in [1.54, 1.807) is 0 Å². The molecule has 1 aliphatic heterocycles. The smallest absolute Gasteiger partial charge is 0.0502 e. The van der Waals surface area contributed by atoms with Crippen molar-refractivity contribution in [1.82, 2.24) is 5.32 Å². The van der Waals surface area contributed by atoms with Gasteiger partial charge in [-0.1, -0.05) is 0 Å². The largest absolute Gasteiger partial charge is 0.306 e. The molecular weight excluding hydrogens is 94.1 g/mol. The van der Waals surface area contributed by atoms with Crippen molar-refractivity contribution in [3.05, 3.63) is 0 Å². The minimum absolute atomic E-state index is 0.491. The molecule has 0 radical (unpaired) electrons. The predicted molar refractivity (Wildman–Crippen MR) is 30.0 cm³/mol. The number of hydrogen-bond donors (Lipinski definition) is 2. The van der Waals surface area contributed by atoms with Crippen LogP contribution in [0, 0.1) is 0 Å². The lowest BCUT2D eigenvalue weighted by Crippen LogP contribution is -2.13. The van der Waals surface area contributed by atoms with Gasteiger partial charge in [-0.05, 0) is 19.4 Å². The van der Waals surface area contributed by atoms with Crippen LogP contribution in [0.15, 0.2) is 0 Å². The summed E-state index contributed by atoms with van der Waals surface area (Å²) in [5, 5.41) is 3.67. The van der Waals surface area contributed by atoms with Gasteiger partial charge in [0.2, 0.25) is 0 Å². The lowest BCUT2D eigenvalue weighted by molar-refractivity contribution is 0.812. The van der Waals surface area contributed by atoms with Gasteiger partial charge in [-0.25, -0.2) is 0 Å². The van der Waals surface area contributed by atoms with Crippen molar-refractivity contribution >= 4 is 12.6 Å². The number of hydrogen-bond acceptors (Lipinski definition) is 2. The van der Waals surface area contributed by atoms with Crippen LogP contribution in [0.2, 0.25) is 0 Å². The Hall–Kier alpha value is 0.310. The van der Waals surface area contributed by atoms with Crippen molar-refractivity contribution in [2.45, 2.75) is 18.2 Å². The Kier molecular flexibility index (Phi) is 1.37. The molecule has 6 heavy (non-hydrogen) atoms. The molecule has 1 N–H and O–H groups in total. The molecule has 1 atom stereocenters. The fourth-order valence-corrected chi connectivity index (χ4v) is 0.978. The first-order valence-electron chi connectivity index (χ1n) is 2.31. The van der Waals surface area contributed by atoms with Crippen LogP contribution < -0.4 is 5.32 Å². The zero-order valence-corrected chi connectivity index (χ0v) is 4.54. The molecule has 1 heterocycles. The van der Waals surface area contributed by atoms with Gasteiger partial charge in [-0.3, -0.25) is 0 Å². The van der Waals surface area contributed by atoms with E-state index in [1.807, 2.05) is 0 Å². The van der Waals surface area contributed by atoms with E-state index in [4.69, 9.17) is 0 Å². The highest BCUT2D eigenvalue weighted by atomic mass is 32.1. The van der Waals surface area contributed by atoms with E-state index in [0.29, 0.717) is 5.37 Å². The normalized spacial score (nSPS) is 34.5. The fourth-order valence-electron chi connectivity index (χ4n) is 0.666. The number of rotatable bonds is 0. The lowest BCUT2D eigenvalue weighted by atomic mass is 10.4. The van der Waals surface area contributed by atoms with Crippen molar-refractivity contribution in [2.75, 3.05) is 6.54 Å². The fraction of sp³-hybridized carbons (Fsp3) is 1.00. The average molecular weight is 103 g/mol. The number of thiol groups is 1. The van der Waals surface area contributed by atoms with Crippen molar-refractivity contribution in [2.24, 2.45) is 0 Å². The summed E-state index contributed by atoms with van der Waals surface area (Å²) in [5.74, 6) is 0. The van der Waals surface area contributed by atoms with Gasteiger partial charge in [-0.2, -0.15) is 12.6 Å². The van der Waals surface area contributed by atoms with Gasteiger partial charge < -0.3 is 5.32 Å². The second kappa shape index (κ2) is 1.85. The lowest BCUT2D eigenvalue weighted by Gasteiger charge is -1.94. The zero-order chi connectivity index (χ0) is 4.41. The van der Waals surface area contributed by atoms with E-state index in [9.17, 15) is 0 Å². The molecule has 1 rings (SSSR count). The SMILES string of the molecule is S[C@@H]1CCCN1. The van der Waals surface area contributed by atoms with Gasteiger partial charge >= 0.3 is 0 Å². The van der Waals surface area contributed by atoms with Crippen LogP contribution in [0.5, 0.6) is 0 Å². The minimum atomic E-state index is 0.491. The number of nitrogens with one attached hydrogen (secondary N) is 1. The Morgan fingerprint density at radius 2 is 2.50 bits per heavy atom. The Labute approximate surface area is 43.5 Å². The molecule has 0 unspecified atom stereocenters. The van der Waals surface area contributed by atoms with Crippen LogP contribution in [0.25, 0.3) is 0 Å². The summed E-state index contributed by atoms with van der Waals surface area (Å²) in [4.78, 5) is 0. The minimum Gasteiger partial charge on any atom is -0.306 e. The van der Waals surface area contributed by atoms with Crippen LogP contribution in [0.4, 0.5) is 0 Å². The third-order valence-electron chi connectivity index (χ3n) is 1.03. The summed E-state index contributed by atoms with van der Waals surface area (Å²) in [6.45, 7) is 1.16. The molecular formula is C4H9NS. The maximum atomic E-state index is 4.18. The van der Waals surface area contributed by atoms with E-state index in [-0.39, 0.29) is 0 Å². The molecule has 36 valence electrons. The third kappa shape index (κ3) is 0.884. The van der Waals surface area contributed by atoms with Crippen LogP contribution in [0.3, 0.4) is 0 Å². The maximum absolute atomic E-state index is 4.18. The monoisotopic (exact) mass is 103 g/mol. The van der Waals surface area contributed by atoms with Crippen LogP contribution in [0.1, 0.15) is 12.8 Å². The molecule has 0 bridgehead atoms. The topological polar surface area (TPSA) is 12.0 Å². The van der Waals surface area contributed by atoms with E-state index < -0.39 is 0 Å². The first-order valence-corrected chi connectivity index (χ1v) is 2.83. The third-order valence-corrected chi connectivity index (χ3v) is 1.48. The Bertz CT molecular complexity index is 40.8. The molecule has 0 aromatic rings. The molecule has 1 saturated heterocycles. The zero-order valence-electron chi connectivity index (χ0n) is 3.65. The summed E-state index contributed by atoms with van der Waals surface area (Å²) in [5.41, 5.74) is 0. The highest BCUT2D eigenvalue weighted by Crippen LogP contribution is 2.06. The second-order valence-electron chi connectivity index (χ2n) is 1.61. The standard InChI is InChI=1S/C4H9NS/c6-4-2-1-3-5-4/h4-6H,1-3H2/t4-/m1/s1. The van der Waals surface area contributed by atoms with E-state index in [2.05, 4.69) is 17.9 Å². The van der Waals surface area contributed by atoms with Gasteiger partial charge in [0.25, 0.3) is 0 Å². The molecule has 0 saturated carbocycles. The maximum Gasteiger partial charge on any atom is 0.0502 e. The molecule has 2 heteroatoms. The highest BCUT2D eigenvalue weighted by molar-refractivity contribution is 7.80. The van der Waals surface area contributed by atoms with Crippen molar-refractivity contribution < 1.29 is 0 Å². The highest BCUT2D eigenvalue weighted by Gasteiger charge is 2.06. The Morgan fingerprint density at radius 3 is 2.67 bits per heavy atom. The van der Waals surface area contributed by atoms with E-state index >= 15 is 0 Å². The predicted octanol–water partition coefficient (Wildman–Crippen LogP) is 0.626. The first-order chi connectivity index (χ1) is 2.89. The summed E-state index contributed by atoms with van der Waals surface area (Å²) < 4.78 is 0. The van der Waals surface area contributed by atoms with Gasteiger partial charge in [0.05, 0.1) is 5.37 Å². The van der Waals surface area contributed by atoms with Crippen LogP contribution in [-0.4, -0.2) is 11.9 Å². The average Bonchev–Trinajstić information content (AvgIpc) is 1.86. The van der Waals surface area contributed by atoms with Crippen molar-refractivity contribution in [3.8, 4) is 0 Å². The molecule has 0 amide bonds. The summed E-state index contributed by atoms with van der Waals surface area (Å²) in [6.07, 6.45) is 2.54. The molecule has 0 aromatic heterocycles. The molecule has 1 aliphatic rings. The van der Waals surface area contributed by atoms with Gasteiger partial charge in [0, 0.05) is 0 Å². The van der Waals surface area contributed by atoms with Crippen molar-refractivity contribution in [1.29, 1.82) is 0 Å². The van der Waals surface area contributed by atoms with Crippen LogP contribution in [-0.2, 0) is 0 Å². The molecule has 0 spiro atoms. The molecule has 1 nitrogen and oxygen atoms in total. The van der Waals surface area contributed by atoms with E-state index in [0.717, 1.165) is 6.54 Å². The molecule has 0 aliphatic carbocycles. The quantitative estimate of drug-likeness (QED) is 0.428. The molecule has 1 fully saturated rings. The summed E-state index contributed by atoms with van der Waals surface area (Å²) in [7, 11) is 0. The van der Waals surface area contributed by atoms with Crippen LogP contribution >= 0.6 is 12.6 Å². The summed E-state index contributed by atoms with van der Waals surface area (Å²) >= 11 is 4.18. The van der Waals surface area contributed by atoms with Gasteiger partial charge in [0.15, 0.2) is 0 Å². The van der Waals surface area contributed by atoms with E-state index in [1.165, 1.54) is 12.8 Å². The Balaban J connectivity index is 2.18. The summed E-state index contributed by atoms with van der Waals surface area (Å²) in [6, 6.07) is 0. The van der Waals surface area contributed by atoms with Gasteiger partial charge in [-0.15, -0.1) is 0 Å². The van der Waals surface area contributed by atoms with Gasteiger partial charge in [0.1, 0.15) is 0 Å². The first kappa shape index (κ1) is 4.47. The Morgan fingerprint density at radius 1 is 1.67 bits per heavy atom.